The van der Waals surface area contributed by atoms with E-state index in [1.165, 1.54) is 25.7 Å². The van der Waals surface area contributed by atoms with E-state index in [9.17, 15) is 5.11 Å². The van der Waals surface area contributed by atoms with Crippen LogP contribution in [0.3, 0.4) is 0 Å². The van der Waals surface area contributed by atoms with Crippen LogP contribution in [0.25, 0.3) is 0 Å². The second-order valence-electron chi connectivity index (χ2n) is 7.73. The first-order chi connectivity index (χ1) is 8.97. The Labute approximate surface area is 130 Å². The van der Waals surface area contributed by atoms with Crippen molar-refractivity contribution in [3.05, 3.63) is 0 Å². The molecule has 1 aliphatic heterocycles. The van der Waals surface area contributed by atoms with Crippen LogP contribution in [0.2, 0.25) is 0 Å². The van der Waals surface area contributed by atoms with E-state index < -0.39 is 0 Å². The Hall–Kier alpha value is 0.170. The molecule has 3 nitrogen and oxygen atoms in total. The molecule has 2 fully saturated rings. The highest BCUT2D eigenvalue weighted by Gasteiger charge is 2.30. The number of hydrogen-bond acceptors (Lipinski definition) is 3. The highest BCUT2D eigenvalue weighted by Crippen LogP contribution is 2.39. The van der Waals surface area contributed by atoms with E-state index in [1.807, 2.05) is 0 Å². The number of halogens is 1. The summed E-state index contributed by atoms with van der Waals surface area (Å²) in [5.74, 6) is 2.17. The molecular weight excluding hydrogens is 272 g/mol. The van der Waals surface area contributed by atoms with Gasteiger partial charge in [-0.25, -0.2) is 0 Å². The molecule has 0 amide bonds. The van der Waals surface area contributed by atoms with E-state index in [4.69, 9.17) is 0 Å². The number of aliphatic hydroxyl groups is 1. The Kier molecular flexibility index (Phi) is 7.27. The van der Waals surface area contributed by atoms with Crippen molar-refractivity contribution in [1.29, 1.82) is 0 Å². The maximum absolute atomic E-state index is 9.75. The standard InChI is InChI=1S/C16H32N2O.ClH/c1-16(2,3)14-6-4-12(5-7-14)8-17-9-13-10-18-11-15(13)19;/h12-15,17-19H,4-11H2,1-3H3;1H. The molecule has 20 heavy (non-hydrogen) atoms. The monoisotopic (exact) mass is 304 g/mol. The molecule has 120 valence electrons. The fraction of sp³-hybridized carbons (Fsp3) is 1.00. The van der Waals surface area contributed by atoms with Crippen molar-refractivity contribution in [3.8, 4) is 0 Å². The highest BCUT2D eigenvalue weighted by atomic mass is 35.5. The Bertz CT molecular complexity index is 272. The zero-order valence-electron chi connectivity index (χ0n) is 13.3. The molecule has 2 rings (SSSR count). The molecule has 0 radical (unpaired) electrons. The normalized spacial score (nSPS) is 34.8. The van der Waals surface area contributed by atoms with Crippen LogP contribution in [-0.4, -0.2) is 37.4 Å². The molecule has 2 atom stereocenters. The largest absolute Gasteiger partial charge is 0.391 e. The first-order valence-electron chi connectivity index (χ1n) is 8.06. The zero-order chi connectivity index (χ0) is 13.9. The van der Waals surface area contributed by atoms with Crippen molar-refractivity contribution >= 4 is 12.4 Å². The van der Waals surface area contributed by atoms with Crippen LogP contribution < -0.4 is 10.6 Å². The van der Waals surface area contributed by atoms with Crippen LogP contribution in [0.5, 0.6) is 0 Å². The van der Waals surface area contributed by atoms with Gasteiger partial charge in [-0.15, -0.1) is 12.4 Å². The number of aliphatic hydroxyl groups excluding tert-OH is 1. The van der Waals surface area contributed by atoms with Gasteiger partial charge in [-0.3, -0.25) is 0 Å². The fourth-order valence-corrected chi connectivity index (χ4v) is 3.63. The molecule has 0 aromatic carbocycles. The molecule has 3 N–H and O–H groups in total. The maximum atomic E-state index is 9.75. The van der Waals surface area contributed by atoms with E-state index in [-0.39, 0.29) is 18.5 Å². The van der Waals surface area contributed by atoms with E-state index in [0.717, 1.165) is 38.0 Å². The summed E-state index contributed by atoms with van der Waals surface area (Å²) in [4.78, 5) is 0. The summed E-state index contributed by atoms with van der Waals surface area (Å²) < 4.78 is 0. The third-order valence-electron chi connectivity index (χ3n) is 5.22. The molecule has 0 spiro atoms. The summed E-state index contributed by atoms with van der Waals surface area (Å²) >= 11 is 0. The molecule has 0 aromatic rings. The van der Waals surface area contributed by atoms with Crippen LogP contribution >= 0.6 is 12.4 Å². The smallest absolute Gasteiger partial charge is 0.0716 e. The molecule has 0 bridgehead atoms. The van der Waals surface area contributed by atoms with Gasteiger partial charge in [0.15, 0.2) is 0 Å². The summed E-state index contributed by atoms with van der Waals surface area (Å²) in [6.45, 7) is 11.0. The van der Waals surface area contributed by atoms with E-state index in [1.54, 1.807) is 0 Å². The van der Waals surface area contributed by atoms with Gasteiger partial charge in [-0.1, -0.05) is 20.8 Å². The molecule has 1 saturated heterocycles. The summed E-state index contributed by atoms with van der Waals surface area (Å²) in [5.41, 5.74) is 0.484. The Morgan fingerprint density at radius 2 is 1.70 bits per heavy atom. The topological polar surface area (TPSA) is 44.3 Å². The van der Waals surface area contributed by atoms with Gasteiger partial charge in [0.05, 0.1) is 6.10 Å². The van der Waals surface area contributed by atoms with Crippen molar-refractivity contribution in [2.45, 2.75) is 52.6 Å². The molecule has 1 heterocycles. The lowest BCUT2D eigenvalue weighted by molar-refractivity contribution is 0.136. The van der Waals surface area contributed by atoms with E-state index >= 15 is 0 Å². The van der Waals surface area contributed by atoms with Crippen molar-refractivity contribution in [2.75, 3.05) is 26.2 Å². The number of nitrogens with one attached hydrogen (secondary N) is 2. The first kappa shape index (κ1) is 18.2. The molecular formula is C16H33ClN2O. The van der Waals surface area contributed by atoms with Gasteiger partial charge in [0, 0.05) is 25.6 Å². The minimum absolute atomic E-state index is 0. The van der Waals surface area contributed by atoms with Gasteiger partial charge in [-0.05, 0) is 49.5 Å². The van der Waals surface area contributed by atoms with Crippen molar-refractivity contribution in [2.24, 2.45) is 23.2 Å². The summed E-state index contributed by atoms with van der Waals surface area (Å²) in [6.07, 6.45) is 5.39. The lowest BCUT2D eigenvalue weighted by atomic mass is 9.70. The minimum atomic E-state index is -0.149. The Morgan fingerprint density at radius 3 is 2.20 bits per heavy atom. The average molecular weight is 305 g/mol. The average Bonchev–Trinajstić information content (AvgIpc) is 2.75. The van der Waals surface area contributed by atoms with Crippen molar-refractivity contribution in [3.63, 3.8) is 0 Å². The van der Waals surface area contributed by atoms with Gasteiger partial charge in [0.1, 0.15) is 0 Å². The third-order valence-corrected chi connectivity index (χ3v) is 5.22. The van der Waals surface area contributed by atoms with Crippen molar-refractivity contribution in [1.82, 2.24) is 10.6 Å². The second kappa shape index (κ2) is 7.98. The summed E-state index contributed by atoms with van der Waals surface area (Å²) in [7, 11) is 0. The highest BCUT2D eigenvalue weighted by molar-refractivity contribution is 5.85. The van der Waals surface area contributed by atoms with Crippen LogP contribution in [0, 0.1) is 23.2 Å². The molecule has 2 unspecified atom stereocenters. The Morgan fingerprint density at radius 1 is 1.05 bits per heavy atom. The number of hydrogen-bond donors (Lipinski definition) is 3. The quantitative estimate of drug-likeness (QED) is 0.747. The van der Waals surface area contributed by atoms with Gasteiger partial charge in [0.2, 0.25) is 0 Å². The lowest BCUT2D eigenvalue weighted by Gasteiger charge is -2.37. The Balaban J connectivity index is 0.00000200. The molecule has 2 aliphatic rings. The molecule has 4 heteroatoms. The zero-order valence-corrected chi connectivity index (χ0v) is 14.1. The lowest BCUT2D eigenvalue weighted by Crippen LogP contribution is -2.35. The SMILES string of the molecule is CC(C)(C)C1CCC(CNCC2CNCC2O)CC1.Cl. The van der Waals surface area contributed by atoms with E-state index in [2.05, 4.69) is 31.4 Å². The van der Waals surface area contributed by atoms with Gasteiger partial charge in [-0.2, -0.15) is 0 Å². The molecule has 0 aromatic heterocycles. The molecule has 1 aliphatic carbocycles. The maximum Gasteiger partial charge on any atom is 0.0716 e. The van der Waals surface area contributed by atoms with Crippen LogP contribution in [-0.2, 0) is 0 Å². The molecule has 1 saturated carbocycles. The summed E-state index contributed by atoms with van der Waals surface area (Å²) in [5, 5.41) is 16.6. The van der Waals surface area contributed by atoms with Crippen LogP contribution in [0.1, 0.15) is 46.5 Å². The van der Waals surface area contributed by atoms with Crippen molar-refractivity contribution < 1.29 is 5.11 Å². The van der Waals surface area contributed by atoms with Gasteiger partial charge in [0.25, 0.3) is 0 Å². The second-order valence-corrected chi connectivity index (χ2v) is 7.73. The van der Waals surface area contributed by atoms with Gasteiger partial charge >= 0.3 is 0 Å². The first-order valence-corrected chi connectivity index (χ1v) is 8.06. The predicted molar refractivity (Wildman–Crippen MR) is 87.4 cm³/mol. The minimum Gasteiger partial charge on any atom is -0.391 e. The van der Waals surface area contributed by atoms with Gasteiger partial charge < -0.3 is 15.7 Å². The summed E-state index contributed by atoms with van der Waals surface area (Å²) in [6, 6.07) is 0. The van der Waals surface area contributed by atoms with Crippen LogP contribution in [0.15, 0.2) is 0 Å². The van der Waals surface area contributed by atoms with Crippen LogP contribution in [0.4, 0.5) is 0 Å². The predicted octanol–water partition coefficient (Wildman–Crippen LogP) is 2.43. The van der Waals surface area contributed by atoms with E-state index in [0.29, 0.717) is 11.3 Å². The number of β-amino-alcohol motifs (C(OH)–C–C–N with tert-alkyl or cyclic N) is 1. The number of rotatable bonds is 4. The third kappa shape index (κ3) is 5.18. The fourth-order valence-electron chi connectivity index (χ4n) is 3.63.